The third kappa shape index (κ3) is 5.99. The standard InChI is InChI=1S/C17H27NO3/c1-4-5-6-9-21-16-8-7-14(11-17(16)20-3)10-15(12-18)13(2)19/h10,14,16-17H,4-9,11H2,1-3H3. The first kappa shape index (κ1) is 17.9. The fourth-order valence-corrected chi connectivity index (χ4v) is 2.78. The summed E-state index contributed by atoms with van der Waals surface area (Å²) in [7, 11) is 1.70. The third-order valence-electron chi connectivity index (χ3n) is 4.06. The van der Waals surface area contributed by atoms with Gasteiger partial charge in [0.25, 0.3) is 0 Å². The molecule has 0 aliphatic heterocycles. The van der Waals surface area contributed by atoms with Crippen molar-refractivity contribution in [3.05, 3.63) is 11.6 Å². The predicted molar refractivity (Wildman–Crippen MR) is 81.8 cm³/mol. The van der Waals surface area contributed by atoms with Gasteiger partial charge in [0.2, 0.25) is 0 Å². The van der Waals surface area contributed by atoms with Crippen LogP contribution in [0.2, 0.25) is 0 Å². The van der Waals surface area contributed by atoms with Crippen LogP contribution in [0.25, 0.3) is 0 Å². The van der Waals surface area contributed by atoms with E-state index in [2.05, 4.69) is 6.92 Å². The van der Waals surface area contributed by atoms with Gasteiger partial charge in [-0.15, -0.1) is 0 Å². The zero-order valence-corrected chi connectivity index (χ0v) is 13.4. The Morgan fingerprint density at radius 1 is 1.33 bits per heavy atom. The lowest BCUT2D eigenvalue weighted by Gasteiger charge is -2.34. The highest BCUT2D eigenvalue weighted by Gasteiger charge is 2.30. The summed E-state index contributed by atoms with van der Waals surface area (Å²) in [4.78, 5) is 11.3. The van der Waals surface area contributed by atoms with Crippen molar-refractivity contribution in [2.45, 2.75) is 64.6 Å². The summed E-state index contributed by atoms with van der Waals surface area (Å²) < 4.78 is 11.5. The molecule has 0 aromatic heterocycles. The molecule has 1 saturated carbocycles. The summed E-state index contributed by atoms with van der Waals surface area (Å²) in [5.74, 6) is 0.0633. The zero-order chi connectivity index (χ0) is 15.7. The second-order valence-electron chi connectivity index (χ2n) is 5.71. The van der Waals surface area contributed by atoms with E-state index in [0.717, 1.165) is 32.3 Å². The van der Waals surface area contributed by atoms with E-state index in [-0.39, 0.29) is 29.5 Å². The van der Waals surface area contributed by atoms with E-state index in [1.165, 1.54) is 19.8 Å². The number of rotatable bonds is 8. The molecule has 0 aromatic rings. The molecule has 1 aliphatic rings. The lowest BCUT2D eigenvalue weighted by atomic mass is 9.84. The van der Waals surface area contributed by atoms with Gasteiger partial charge in [0, 0.05) is 13.7 Å². The summed E-state index contributed by atoms with van der Waals surface area (Å²) in [6.45, 7) is 4.40. The van der Waals surface area contributed by atoms with Crippen LogP contribution < -0.4 is 0 Å². The lowest BCUT2D eigenvalue weighted by molar-refractivity contribution is -0.113. The minimum atomic E-state index is -0.163. The molecule has 0 N–H and O–H groups in total. The number of Topliss-reactive ketones (excluding diaryl/α,β-unsaturated/α-hetero) is 1. The van der Waals surface area contributed by atoms with E-state index in [0.29, 0.717) is 0 Å². The van der Waals surface area contributed by atoms with Crippen LogP contribution in [0.15, 0.2) is 11.6 Å². The summed E-state index contributed by atoms with van der Waals surface area (Å²) in [5, 5.41) is 8.97. The Morgan fingerprint density at radius 2 is 2.10 bits per heavy atom. The van der Waals surface area contributed by atoms with Gasteiger partial charge in [0.05, 0.1) is 17.8 Å². The van der Waals surface area contributed by atoms with Gasteiger partial charge in [-0.1, -0.05) is 25.8 Å². The predicted octanol–water partition coefficient (Wildman–Crippen LogP) is 3.42. The van der Waals surface area contributed by atoms with Gasteiger partial charge >= 0.3 is 0 Å². The fourth-order valence-electron chi connectivity index (χ4n) is 2.78. The molecule has 0 amide bonds. The minimum absolute atomic E-state index is 0.0496. The van der Waals surface area contributed by atoms with Crippen molar-refractivity contribution < 1.29 is 14.3 Å². The molecule has 4 heteroatoms. The summed E-state index contributed by atoms with van der Waals surface area (Å²) in [5.41, 5.74) is 0.261. The maximum atomic E-state index is 11.3. The molecule has 3 unspecified atom stereocenters. The van der Waals surface area contributed by atoms with Gasteiger partial charge < -0.3 is 9.47 Å². The number of carbonyl (C=O) groups excluding carboxylic acids is 1. The van der Waals surface area contributed by atoms with Gasteiger partial charge in [-0.2, -0.15) is 5.26 Å². The molecule has 0 heterocycles. The topological polar surface area (TPSA) is 59.3 Å². The Labute approximate surface area is 128 Å². The Hall–Kier alpha value is -1.18. The molecular formula is C17H27NO3. The van der Waals surface area contributed by atoms with Crippen molar-refractivity contribution in [2.24, 2.45) is 5.92 Å². The highest BCUT2D eigenvalue weighted by Crippen LogP contribution is 2.30. The molecule has 118 valence electrons. The SMILES string of the molecule is CCCCCOC1CCC(C=C(C#N)C(C)=O)CC1OC. The monoisotopic (exact) mass is 293 g/mol. The van der Waals surface area contributed by atoms with E-state index < -0.39 is 0 Å². The van der Waals surface area contributed by atoms with Crippen molar-refractivity contribution in [1.29, 1.82) is 5.26 Å². The van der Waals surface area contributed by atoms with Crippen LogP contribution in [-0.4, -0.2) is 31.7 Å². The molecular weight excluding hydrogens is 266 g/mol. The van der Waals surface area contributed by atoms with Gasteiger partial charge in [0.15, 0.2) is 5.78 Å². The van der Waals surface area contributed by atoms with Crippen molar-refractivity contribution in [3.8, 4) is 6.07 Å². The second-order valence-corrected chi connectivity index (χ2v) is 5.71. The van der Waals surface area contributed by atoms with Gasteiger partial charge in [-0.25, -0.2) is 0 Å². The van der Waals surface area contributed by atoms with E-state index >= 15 is 0 Å². The van der Waals surface area contributed by atoms with Crippen LogP contribution in [0.5, 0.6) is 0 Å². The van der Waals surface area contributed by atoms with E-state index in [4.69, 9.17) is 14.7 Å². The molecule has 0 aromatic carbocycles. The first-order valence-electron chi connectivity index (χ1n) is 7.89. The quantitative estimate of drug-likeness (QED) is 0.391. The molecule has 0 spiro atoms. The Balaban J connectivity index is 2.52. The summed E-state index contributed by atoms with van der Waals surface area (Å²) in [6.07, 6.45) is 8.15. The number of hydrogen-bond acceptors (Lipinski definition) is 4. The van der Waals surface area contributed by atoms with Crippen LogP contribution in [0, 0.1) is 17.2 Å². The van der Waals surface area contributed by atoms with Crippen LogP contribution in [-0.2, 0) is 14.3 Å². The molecule has 1 fully saturated rings. The third-order valence-corrected chi connectivity index (χ3v) is 4.06. The molecule has 1 rings (SSSR count). The minimum Gasteiger partial charge on any atom is -0.379 e. The highest BCUT2D eigenvalue weighted by molar-refractivity contribution is 5.97. The van der Waals surface area contributed by atoms with Crippen molar-refractivity contribution >= 4 is 5.78 Å². The average Bonchev–Trinajstić information content (AvgIpc) is 2.49. The number of nitrogens with zero attached hydrogens (tertiary/aromatic N) is 1. The smallest absolute Gasteiger partial charge is 0.169 e. The van der Waals surface area contributed by atoms with E-state index in [1.807, 2.05) is 12.1 Å². The molecule has 21 heavy (non-hydrogen) atoms. The number of carbonyl (C=O) groups is 1. The van der Waals surface area contributed by atoms with Gasteiger partial charge in [-0.05, 0) is 38.5 Å². The van der Waals surface area contributed by atoms with Crippen LogP contribution in [0.1, 0.15) is 52.4 Å². The Bertz CT molecular complexity index is 397. The Kier molecular flexibility index (Phi) is 8.26. The van der Waals surface area contributed by atoms with Crippen molar-refractivity contribution in [2.75, 3.05) is 13.7 Å². The first-order chi connectivity index (χ1) is 10.1. The number of ketones is 1. The molecule has 1 aliphatic carbocycles. The number of hydrogen-bond donors (Lipinski definition) is 0. The molecule has 0 bridgehead atoms. The number of methoxy groups -OCH3 is 1. The van der Waals surface area contributed by atoms with Crippen LogP contribution in [0.4, 0.5) is 0 Å². The van der Waals surface area contributed by atoms with Crippen molar-refractivity contribution in [3.63, 3.8) is 0 Å². The van der Waals surface area contributed by atoms with Crippen molar-refractivity contribution in [1.82, 2.24) is 0 Å². The van der Waals surface area contributed by atoms with E-state index in [9.17, 15) is 4.79 Å². The average molecular weight is 293 g/mol. The first-order valence-corrected chi connectivity index (χ1v) is 7.89. The fraction of sp³-hybridized carbons (Fsp3) is 0.765. The maximum Gasteiger partial charge on any atom is 0.169 e. The summed E-state index contributed by atoms with van der Waals surface area (Å²) in [6, 6.07) is 1.98. The largest absolute Gasteiger partial charge is 0.379 e. The van der Waals surface area contributed by atoms with Gasteiger partial charge in [0.1, 0.15) is 6.07 Å². The maximum absolute atomic E-state index is 11.3. The normalized spacial score (nSPS) is 26.4. The van der Waals surface area contributed by atoms with E-state index in [1.54, 1.807) is 7.11 Å². The molecule has 4 nitrogen and oxygen atoms in total. The summed E-state index contributed by atoms with van der Waals surface area (Å²) >= 11 is 0. The second kappa shape index (κ2) is 9.70. The van der Waals surface area contributed by atoms with Gasteiger partial charge in [-0.3, -0.25) is 4.79 Å². The number of allylic oxidation sites excluding steroid dienone is 2. The number of unbranched alkanes of at least 4 members (excludes halogenated alkanes) is 2. The Morgan fingerprint density at radius 3 is 2.67 bits per heavy atom. The van der Waals surface area contributed by atoms with Crippen LogP contribution >= 0.6 is 0 Å². The molecule has 3 atom stereocenters. The lowest BCUT2D eigenvalue weighted by Crippen LogP contribution is -2.37. The molecule has 0 saturated heterocycles. The zero-order valence-electron chi connectivity index (χ0n) is 13.4. The molecule has 0 radical (unpaired) electrons. The number of ether oxygens (including phenoxy) is 2. The number of nitriles is 1. The highest BCUT2D eigenvalue weighted by atomic mass is 16.5. The van der Waals surface area contributed by atoms with Crippen LogP contribution in [0.3, 0.4) is 0 Å².